The Hall–Kier alpha value is -1.59. The minimum Gasteiger partial charge on any atom is -0.395 e. The Balaban J connectivity index is 2.72. The lowest BCUT2D eigenvalue weighted by Gasteiger charge is -2.18. The van der Waals surface area contributed by atoms with Gasteiger partial charge >= 0.3 is 6.03 Å². The molecule has 0 saturated heterocycles. The zero-order valence-corrected chi connectivity index (χ0v) is 8.60. The van der Waals surface area contributed by atoms with E-state index in [2.05, 4.69) is 5.32 Å². The van der Waals surface area contributed by atoms with Crippen molar-refractivity contribution in [3.63, 3.8) is 0 Å². The van der Waals surface area contributed by atoms with Crippen LogP contribution in [0.2, 0.25) is 0 Å². The molecule has 0 atom stereocenters. The molecule has 1 aromatic rings. The molecule has 0 bridgehead atoms. The topological polar surface area (TPSA) is 78.6 Å². The number of hydrogen-bond donors (Lipinski definition) is 3. The Morgan fingerprint density at radius 1 is 1.53 bits per heavy atom. The first-order valence-electron chi connectivity index (χ1n) is 4.66. The van der Waals surface area contributed by atoms with Crippen molar-refractivity contribution < 1.29 is 9.90 Å². The summed E-state index contributed by atoms with van der Waals surface area (Å²) >= 11 is 0. The highest BCUT2D eigenvalue weighted by molar-refractivity contribution is 5.91. The number of rotatable bonds is 3. The number of para-hydroxylation sites is 1. The van der Waals surface area contributed by atoms with E-state index in [-0.39, 0.29) is 13.2 Å². The first-order valence-corrected chi connectivity index (χ1v) is 4.66. The second kappa shape index (κ2) is 5.33. The number of anilines is 1. The summed E-state index contributed by atoms with van der Waals surface area (Å²) in [6.45, 7) is 1.96. The Morgan fingerprint density at radius 2 is 2.20 bits per heavy atom. The van der Waals surface area contributed by atoms with Crippen LogP contribution in [0.3, 0.4) is 0 Å². The number of aliphatic hydroxyl groups excluding tert-OH is 1. The third-order valence-corrected chi connectivity index (χ3v) is 1.98. The summed E-state index contributed by atoms with van der Waals surface area (Å²) in [7, 11) is 0. The Bertz CT molecular complexity index is 341. The summed E-state index contributed by atoms with van der Waals surface area (Å²) in [5.74, 6) is 5.62. The molecule has 4 N–H and O–H groups in total. The number of carbonyl (C=O) groups excluding carboxylic acids is 1. The van der Waals surface area contributed by atoms with E-state index >= 15 is 0 Å². The van der Waals surface area contributed by atoms with Crippen LogP contribution in [0.25, 0.3) is 0 Å². The molecule has 0 heterocycles. The van der Waals surface area contributed by atoms with Gasteiger partial charge in [0, 0.05) is 6.54 Å². The number of nitrogens with two attached hydrogens (primary N) is 1. The number of aliphatic hydroxyl groups is 1. The van der Waals surface area contributed by atoms with E-state index in [0.29, 0.717) is 5.69 Å². The zero-order chi connectivity index (χ0) is 11.3. The summed E-state index contributed by atoms with van der Waals surface area (Å²) in [5, 5.41) is 12.1. The van der Waals surface area contributed by atoms with E-state index in [4.69, 9.17) is 10.9 Å². The van der Waals surface area contributed by atoms with Crippen molar-refractivity contribution in [3.8, 4) is 0 Å². The Morgan fingerprint density at radius 3 is 2.80 bits per heavy atom. The molecule has 5 heteroatoms. The maximum atomic E-state index is 11.4. The minimum absolute atomic E-state index is 0.104. The molecule has 15 heavy (non-hydrogen) atoms. The minimum atomic E-state index is -0.432. The van der Waals surface area contributed by atoms with Crippen LogP contribution >= 0.6 is 0 Å². The van der Waals surface area contributed by atoms with Gasteiger partial charge in [0.25, 0.3) is 0 Å². The molecule has 0 spiro atoms. The van der Waals surface area contributed by atoms with Gasteiger partial charge in [-0.2, -0.15) is 0 Å². The number of carbonyl (C=O) groups is 1. The van der Waals surface area contributed by atoms with Crippen molar-refractivity contribution in [2.24, 2.45) is 5.84 Å². The van der Waals surface area contributed by atoms with Crippen molar-refractivity contribution in [2.75, 3.05) is 18.2 Å². The second-order valence-electron chi connectivity index (χ2n) is 3.11. The molecule has 1 rings (SSSR count). The average Bonchev–Trinajstić information content (AvgIpc) is 2.25. The average molecular weight is 209 g/mol. The van der Waals surface area contributed by atoms with E-state index in [1.54, 1.807) is 6.07 Å². The van der Waals surface area contributed by atoms with Gasteiger partial charge < -0.3 is 10.4 Å². The fourth-order valence-electron chi connectivity index (χ4n) is 1.19. The molecule has 82 valence electrons. The summed E-state index contributed by atoms with van der Waals surface area (Å²) in [4.78, 5) is 11.4. The van der Waals surface area contributed by atoms with Gasteiger partial charge in [-0.15, -0.1) is 0 Å². The van der Waals surface area contributed by atoms with Gasteiger partial charge in [-0.05, 0) is 18.6 Å². The summed E-state index contributed by atoms with van der Waals surface area (Å²) in [6, 6.07) is 6.88. The fourth-order valence-corrected chi connectivity index (χ4v) is 1.19. The number of hydrazine groups is 1. The zero-order valence-electron chi connectivity index (χ0n) is 8.60. The van der Waals surface area contributed by atoms with Crippen molar-refractivity contribution in [1.82, 2.24) is 5.32 Å². The first kappa shape index (κ1) is 11.5. The molecule has 0 unspecified atom stereocenters. The standard InChI is InChI=1S/C10H15N3O2/c1-8-4-2-3-5-9(8)13(11)10(15)12-6-7-14/h2-5,14H,6-7,11H2,1H3,(H,12,15). The molecule has 0 saturated carbocycles. The number of amides is 2. The van der Waals surface area contributed by atoms with E-state index in [1.807, 2.05) is 25.1 Å². The summed E-state index contributed by atoms with van der Waals surface area (Å²) < 4.78 is 0. The lowest BCUT2D eigenvalue weighted by Crippen LogP contribution is -2.46. The normalized spacial score (nSPS) is 9.80. The number of benzene rings is 1. The molecule has 0 aromatic heterocycles. The molecule has 0 aliphatic carbocycles. The number of nitrogens with one attached hydrogen (secondary N) is 1. The molecule has 0 aliphatic rings. The number of aryl methyl sites for hydroxylation is 1. The van der Waals surface area contributed by atoms with E-state index in [1.165, 1.54) is 0 Å². The maximum Gasteiger partial charge on any atom is 0.336 e. The van der Waals surface area contributed by atoms with E-state index in [0.717, 1.165) is 10.6 Å². The van der Waals surface area contributed by atoms with Gasteiger partial charge in [0.1, 0.15) is 0 Å². The van der Waals surface area contributed by atoms with Crippen LogP contribution in [0.4, 0.5) is 10.5 Å². The van der Waals surface area contributed by atoms with Crippen LogP contribution in [0, 0.1) is 6.92 Å². The third-order valence-electron chi connectivity index (χ3n) is 1.98. The van der Waals surface area contributed by atoms with Crippen molar-refractivity contribution in [3.05, 3.63) is 29.8 Å². The maximum absolute atomic E-state index is 11.4. The third kappa shape index (κ3) is 2.93. The van der Waals surface area contributed by atoms with Gasteiger partial charge in [-0.25, -0.2) is 15.6 Å². The predicted octanol–water partition coefficient (Wildman–Crippen LogP) is 0.377. The monoisotopic (exact) mass is 209 g/mol. The summed E-state index contributed by atoms with van der Waals surface area (Å²) in [5.41, 5.74) is 1.56. The van der Waals surface area contributed by atoms with Crippen LogP contribution < -0.4 is 16.2 Å². The fraction of sp³-hybridized carbons (Fsp3) is 0.300. The lowest BCUT2D eigenvalue weighted by molar-refractivity contribution is 0.239. The number of hydrogen-bond acceptors (Lipinski definition) is 3. The van der Waals surface area contributed by atoms with Crippen LogP contribution in [0.15, 0.2) is 24.3 Å². The van der Waals surface area contributed by atoms with Crippen molar-refractivity contribution >= 4 is 11.7 Å². The summed E-state index contributed by atoms with van der Waals surface area (Å²) in [6.07, 6.45) is 0. The van der Waals surface area contributed by atoms with Crippen molar-refractivity contribution in [1.29, 1.82) is 0 Å². The highest BCUT2D eigenvalue weighted by Crippen LogP contribution is 2.16. The molecule has 2 amide bonds. The van der Waals surface area contributed by atoms with Gasteiger partial charge in [0.15, 0.2) is 0 Å². The van der Waals surface area contributed by atoms with Gasteiger partial charge in [0.2, 0.25) is 0 Å². The number of nitrogens with zero attached hydrogens (tertiary/aromatic N) is 1. The predicted molar refractivity (Wildman–Crippen MR) is 58.3 cm³/mol. The molecule has 0 radical (unpaired) electrons. The van der Waals surface area contributed by atoms with Crippen molar-refractivity contribution in [2.45, 2.75) is 6.92 Å². The molecule has 5 nitrogen and oxygen atoms in total. The van der Waals surface area contributed by atoms with Gasteiger partial charge in [-0.1, -0.05) is 18.2 Å². The smallest absolute Gasteiger partial charge is 0.336 e. The quantitative estimate of drug-likeness (QED) is 0.382. The Kier molecular flexibility index (Phi) is 4.08. The highest BCUT2D eigenvalue weighted by Gasteiger charge is 2.11. The molecule has 0 aliphatic heterocycles. The lowest BCUT2D eigenvalue weighted by atomic mass is 10.2. The number of urea groups is 1. The largest absolute Gasteiger partial charge is 0.395 e. The SMILES string of the molecule is Cc1ccccc1N(N)C(=O)NCCO. The van der Waals surface area contributed by atoms with Crippen LogP contribution in [0.5, 0.6) is 0 Å². The van der Waals surface area contributed by atoms with Gasteiger partial charge in [0.05, 0.1) is 12.3 Å². The molecule has 1 aromatic carbocycles. The van der Waals surface area contributed by atoms with Crippen LogP contribution in [0.1, 0.15) is 5.56 Å². The second-order valence-corrected chi connectivity index (χ2v) is 3.11. The molecular weight excluding hydrogens is 194 g/mol. The molecular formula is C10H15N3O2. The first-order chi connectivity index (χ1) is 7.16. The molecule has 0 fully saturated rings. The van der Waals surface area contributed by atoms with Crippen LogP contribution in [-0.2, 0) is 0 Å². The van der Waals surface area contributed by atoms with E-state index < -0.39 is 6.03 Å². The van der Waals surface area contributed by atoms with Crippen LogP contribution in [-0.4, -0.2) is 24.3 Å². The Labute approximate surface area is 88.5 Å². The highest BCUT2D eigenvalue weighted by atomic mass is 16.3. The van der Waals surface area contributed by atoms with Gasteiger partial charge in [-0.3, -0.25) is 0 Å². The van der Waals surface area contributed by atoms with E-state index in [9.17, 15) is 4.79 Å².